The minimum Gasteiger partial charge on any atom is -0.481 e. The van der Waals surface area contributed by atoms with E-state index in [-0.39, 0.29) is 29.9 Å². The van der Waals surface area contributed by atoms with Gasteiger partial charge < -0.3 is 29.5 Å². The van der Waals surface area contributed by atoms with Crippen molar-refractivity contribution < 1.29 is 32.9 Å². The first-order valence-electron chi connectivity index (χ1n) is 11.5. The maximum Gasteiger partial charge on any atom is 0.586 e. The number of benzene rings is 2. The molecule has 1 fully saturated rings. The number of nitrogens with zero attached hydrogens (tertiary/aromatic N) is 1. The highest BCUT2D eigenvalue weighted by molar-refractivity contribution is 5.78. The minimum atomic E-state index is -3.69. The average Bonchev–Trinajstić information content (AvgIpc) is 3.10. The molecule has 2 atom stereocenters. The lowest BCUT2D eigenvalue weighted by molar-refractivity contribution is -0.286. The molecule has 184 valence electrons. The second-order valence-electron chi connectivity index (χ2n) is 9.01. The predicted octanol–water partition coefficient (Wildman–Crippen LogP) is 5.58. The molecular weight excluding hydrogens is 446 g/mol. The molecule has 0 amide bonds. The van der Waals surface area contributed by atoms with Gasteiger partial charge in [-0.15, -0.1) is 8.78 Å². The number of morpholine rings is 1. The standard InChI is InChI=1S/C25H30F2N2O5/c1-4-16(12-24(30)31)17-5-7-20(29-9-10-32-14-21(29)15(2)3)19(11-17)28-18-6-8-22-23(13-18)34-25(26,27)33-22/h5-8,11,13,15-16,21,28H,4,9-10,12,14H2,1-3H3,(H,30,31)/t16-,21-/m1/s1. The third-order valence-corrected chi connectivity index (χ3v) is 6.33. The summed E-state index contributed by atoms with van der Waals surface area (Å²) in [7, 11) is 0. The quantitative estimate of drug-likeness (QED) is 0.515. The summed E-state index contributed by atoms with van der Waals surface area (Å²) in [6.07, 6.45) is -2.98. The van der Waals surface area contributed by atoms with Crippen LogP contribution in [0.5, 0.6) is 11.5 Å². The van der Waals surface area contributed by atoms with Gasteiger partial charge in [0.2, 0.25) is 0 Å². The number of aliphatic carboxylic acids is 1. The molecule has 9 heteroatoms. The number of fused-ring (bicyclic) bond motifs is 1. The van der Waals surface area contributed by atoms with Crippen molar-refractivity contribution in [1.29, 1.82) is 0 Å². The summed E-state index contributed by atoms with van der Waals surface area (Å²) in [5.41, 5.74) is 3.16. The molecular formula is C25H30F2N2O5. The molecule has 2 aliphatic rings. The molecule has 0 radical (unpaired) electrons. The SMILES string of the molecule is CC[C@H](CC(=O)O)c1ccc(N2CCOC[C@@H]2C(C)C)c(Nc2ccc3c(c2)OC(F)(F)O3)c1. The fourth-order valence-electron chi connectivity index (χ4n) is 4.52. The molecule has 0 bridgehead atoms. The monoisotopic (exact) mass is 476 g/mol. The van der Waals surface area contributed by atoms with Gasteiger partial charge in [-0.3, -0.25) is 4.79 Å². The predicted molar refractivity (Wildman–Crippen MR) is 124 cm³/mol. The van der Waals surface area contributed by atoms with Gasteiger partial charge in [0, 0.05) is 18.3 Å². The summed E-state index contributed by atoms with van der Waals surface area (Å²) >= 11 is 0. The van der Waals surface area contributed by atoms with Crippen molar-refractivity contribution in [3.8, 4) is 11.5 Å². The molecule has 0 aliphatic carbocycles. The van der Waals surface area contributed by atoms with Crippen molar-refractivity contribution in [1.82, 2.24) is 0 Å². The van der Waals surface area contributed by atoms with Gasteiger partial charge in [-0.25, -0.2) is 0 Å². The number of alkyl halides is 2. The van der Waals surface area contributed by atoms with Gasteiger partial charge in [0.25, 0.3) is 0 Å². The maximum absolute atomic E-state index is 13.5. The van der Waals surface area contributed by atoms with E-state index in [4.69, 9.17) is 4.74 Å². The zero-order valence-corrected chi connectivity index (χ0v) is 19.5. The van der Waals surface area contributed by atoms with E-state index in [9.17, 15) is 18.7 Å². The fraction of sp³-hybridized carbons (Fsp3) is 0.480. The summed E-state index contributed by atoms with van der Waals surface area (Å²) in [6.45, 7) is 8.16. The number of rotatable bonds is 8. The number of anilines is 3. The summed E-state index contributed by atoms with van der Waals surface area (Å²) in [5.74, 6) is -0.721. The Balaban J connectivity index is 1.72. The van der Waals surface area contributed by atoms with Gasteiger partial charge in [0.1, 0.15) is 0 Å². The van der Waals surface area contributed by atoms with Crippen LogP contribution in [0.2, 0.25) is 0 Å². The van der Waals surface area contributed by atoms with Gasteiger partial charge in [0.15, 0.2) is 11.5 Å². The maximum atomic E-state index is 13.5. The van der Waals surface area contributed by atoms with E-state index in [0.717, 1.165) is 16.9 Å². The summed E-state index contributed by atoms with van der Waals surface area (Å²) in [6, 6.07) is 10.7. The number of halogens is 2. The molecule has 4 rings (SSSR count). The van der Waals surface area contributed by atoms with Crippen LogP contribution in [0.25, 0.3) is 0 Å². The largest absolute Gasteiger partial charge is 0.586 e. The van der Waals surface area contributed by atoms with Crippen molar-refractivity contribution in [2.24, 2.45) is 5.92 Å². The number of nitrogens with one attached hydrogen (secondary N) is 1. The third-order valence-electron chi connectivity index (χ3n) is 6.33. The van der Waals surface area contributed by atoms with Gasteiger partial charge in [-0.2, -0.15) is 0 Å². The van der Waals surface area contributed by atoms with Crippen LogP contribution in [0.1, 0.15) is 45.1 Å². The van der Waals surface area contributed by atoms with Crippen molar-refractivity contribution >= 4 is 23.0 Å². The van der Waals surface area contributed by atoms with E-state index in [0.29, 0.717) is 37.8 Å². The molecule has 0 unspecified atom stereocenters. The number of carboxylic acid groups (broad SMARTS) is 1. The second kappa shape index (κ2) is 9.66. The second-order valence-corrected chi connectivity index (χ2v) is 9.01. The van der Waals surface area contributed by atoms with E-state index in [1.54, 1.807) is 6.07 Å². The Morgan fingerprint density at radius 3 is 2.68 bits per heavy atom. The molecule has 0 aromatic heterocycles. The molecule has 0 saturated carbocycles. The van der Waals surface area contributed by atoms with Crippen LogP contribution in [-0.2, 0) is 9.53 Å². The molecule has 7 nitrogen and oxygen atoms in total. The smallest absolute Gasteiger partial charge is 0.481 e. The Labute approximate surface area is 197 Å². The van der Waals surface area contributed by atoms with E-state index >= 15 is 0 Å². The first-order chi connectivity index (χ1) is 16.2. The zero-order chi connectivity index (χ0) is 24.5. The van der Waals surface area contributed by atoms with Gasteiger partial charge in [0.05, 0.1) is 37.1 Å². The van der Waals surface area contributed by atoms with Crippen LogP contribution in [0.4, 0.5) is 25.8 Å². The summed E-state index contributed by atoms with van der Waals surface area (Å²) in [5, 5.41) is 12.7. The number of hydrogen-bond acceptors (Lipinski definition) is 6. The first-order valence-corrected chi connectivity index (χ1v) is 11.5. The van der Waals surface area contributed by atoms with Crippen LogP contribution in [0.15, 0.2) is 36.4 Å². The number of carboxylic acids is 1. The van der Waals surface area contributed by atoms with E-state index in [1.165, 1.54) is 12.1 Å². The van der Waals surface area contributed by atoms with Crippen LogP contribution >= 0.6 is 0 Å². The van der Waals surface area contributed by atoms with Crippen molar-refractivity contribution in [3.05, 3.63) is 42.0 Å². The van der Waals surface area contributed by atoms with E-state index < -0.39 is 12.3 Å². The molecule has 2 aromatic rings. The Kier molecular flexibility index (Phi) is 6.84. The third kappa shape index (κ3) is 5.19. The summed E-state index contributed by atoms with van der Waals surface area (Å²) in [4.78, 5) is 13.7. The van der Waals surface area contributed by atoms with Crippen molar-refractivity contribution in [2.75, 3.05) is 30.0 Å². The van der Waals surface area contributed by atoms with E-state index in [2.05, 4.69) is 33.5 Å². The Morgan fingerprint density at radius 1 is 1.21 bits per heavy atom. The van der Waals surface area contributed by atoms with Gasteiger partial charge >= 0.3 is 12.3 Å². The van der Waals surface area contributed by atoms with Crippen LogP contribution in [0.3, 0.4) is 0 Å². The van der Waals surface area contributed by atoms with E-state index in [1.807, 2.05) is 25.1 Å². The molecule has 2 heterocycles. The lowest BCUT2D eigenvalue weighted by Crippen LogP contribution is -2.48. The van der Waals surface area contributed by atoms with Gasteiger partial charge in [-0.1, -0.05) is 26.8 Å². The molecule has 2 aliphatic heterocycles. The molecule has 34 heavy (non-hydrogen) atoms. The van der Waals surface area contributed by atoms with Crippen LogP contribution in [-0.4, -0.2) is 43.2 Å². The number of ether oxygens (including phenoxy) is 3. The zero-order valence-electron chi connectivity index (χ0n) is 19.5. The molecule has 0 spiro atoms. The number of hydrogen-bond donors (Lipinski definition) is 2. The first kappa shape index (κ1) is 24.1. The van der Waals surface area contributed by atoms with Gasteiger partial charge in [-0.05, 0) is 48.1 Å². The van der Waals surface area contributed by atoms with Crippen LogP contribution < -0.4 is 19.7 Å². The lowest BCUT2D eigenvalue weighted by atomic mass is 9.92. The van der Waals surface area contributed by atoms with Crippen molar-refractivity contribution in [3.63, 3.8) is 0 Å². The van der Waals surface area contributed by atoms with Crippen molar-refractivity contribution in [2.45, 2.75) is 51.9 Å². The number of carbonyl (C=O) groups is 1. The Bertz CT molecular complexity index is 1050. The lowest BCUT2D eigenvalue weighted by Gasteiger charge is -2.40. The minimum absolute atomic E-state index is 0.0231. The highest BCUT2D eigenvalue weighted by atomic mass is 19.3. The average molecular weight is 477 g/mol. The topological polar surface area (TPSA) is 80.3 Å². The van der Waals surface area contributed by atoms with Crippen LogP contribution in [0, 0.1) is 5.92 Å². The highest BCUT2D eigenvalue weighted by Crippen LogP contribution is 2.43. The fourth-order valence-corrected chi connectivity index (χ4v) is 4.52. The Hall–Kier alpha value is -3.07. The Morgan fingerprint density at radius 2 is 1.97 bits per heavy atom. The molecule has 2 N–H and O–H groups in total. The highest BCUT2D eigenvalue weighted by Gasteiger charge is 2.43. The summed E-state index contributed by atoms with van der Waals surface area (Å²) < 4.78 is 41.8. The molecule has 1 saturated heterocycles. The normalized spacial score (nSPS) is 19.8. The molecule has 2 aromatic carbocycles.